The number of hydrogen-bond acceptors (Lipinski definition) is 6. The first-order valence-corrected chi connectivity index (χ1v) is 15.4. The monoisotopic (exact) mass is 615 g/mol. The van der Waals surface area contributed by atoms with Gasteiger partial charge in [-0.05, 0) is 63.1 Å². The lowest BCUT2D eigenvalue weighted by Crippen LogP contribution is -2.53. The van der Waals surface area contributed by atoms with Crippen molar-refractivity contribution in [3.05, 3.63) is 82.9 Å². The second-order valence-corrected chi connectivity index (χ2v) is 12.3. The van der Waals surface area contributed by atoms with Crippen molar-refractivity contribution in [2.75, 3.05) is 25.1 Å². The van der Waals surface area contributed by atoms with E-state index in [1.807, 2.05) is 20.8 Å². The number of ether oxygens (including phenoxy) is 2. The lowest BCUT2D eigenvalue weighted by molar-refractivity contribution is -0.140. The second-order valence-electron chi connectivity index (χ2n) is 10.1. The number of rotatable bonds is 13. The largest absolute Gasteiger partial charge is 0.493 e. The first-order valence-electron chi connectivity index (χ1n) is 13.6. The number of aryl methyl sites for hydroxylation is 1. The highest BCUT2D eigenvalue weighted by Gasteiger charge is 2.34. The molecule has 0 saturated heterocycles. The van der Waals surface area contributed by atoms with Crippen LogP contribution < -0.4 is 19.1 Å². The highest BCUT2D eigenvalue weighted by Crippen LogP contribution is 2.32. The first-order chi connectivity index (χ1) is 19.9. The molecule has 3 rings (SSSR count). The molecule has 0 aliphatic carbocycles. The van der Waals surface area contributed by atoms with Gasteiger partial charge < -0.3 is 19.7 Å². The van der Waals surface area contributed by atoms with Crippen LogP contribution in [0.3, 0.4) is 0 Å². The molecule has 42 heavy (non-hydrogen) atoms. The third-order valence-electron chi connectivity index (χ3n) is 6.66. The Labute approximate surface area is 253 Å². The molecule has 226 valence electrons. The van der Waals surface area contributed by atoms with Gasteiger partial charge in [-0.3, -0.25) is 13.9 Å². The maximum atomic E-state index is 14.2. The zero-order valence-electron chi connectivity index (χ0n) is 24.8. The Hall–Kier alpha value is -3.76. The van der Waals surface area contributed by atoms with Crippen LogP contribution in [-0.2, 0) is 26.2 Å². The lowest BCUT2D eigenvalue weighted by Gasteiger charge is -2.33. The summed E-state index contributed by atoms with van der Waals surface area (Å²) < 4.78 is 39.9. The van der Waals surface area contributed by atoms with E-state index >= 15 is 0 Å². The van der Waals surface area contributed by atoms with Crippen LogP contribution >= 0.6 is 11.6 Å². The summed E-state index contributed by atoms with van der Waals surface area (Å²) in [7, 11) is -1.42. The molecule has 0 fully saturated rings. The maximum Gasteiger partial charge on any atom is 0.264 e. The normalized spacial score (nSPS) is 12.0. The number of halogens is 1. The third-order valence-corrected chi connectivity index (χ3v) is 8.80. The van der Waals surface area contributed by atoms with E-state index in [4.69, 9.17) is 21.1 Å². The van der Waals surface area contributed by atoms with Crippen molar-refractivity contribution in [3.8, 4) is 11.5 Å². The molecule has 0 heterocycles. The van der Waals surface area contributed by atoms with Crippen molar-refractivity contribution in [2.24, 2.45) is 0 Å². The quantitative estimate of drug-likeness (QED) is 0.284. The fraction of sp³-hybridized carbons (Fsp3) is 0.355. The van der Waals surface area contributed by atoms with Gasteiger partial charge in [0.2, 0.25) is 11.8 Å². The number of nitrogens with one attached hydrogen (secondary N) is 1. The van der Waals surface area contributed by atoms with Crippen LogP contribution in [0.5, 0.6) is 11.5 Å². The number of benzene rings is 3. The van der Waals surface area contributed by atoms with Gasteiger partial charge >= 0.3 is 0 Å². The number of sulfonamides is 1. The van der Waals surface area contributed by atoms with E-state index in [2.05, 4.69) is 5.32 Å². The molecule has 0 aromatic heterocycles. The van der Waals surface area contributed by atoms with Crippen LogP contribution in [0.4, 0.5) is 5.69 Å². The highest BCUT2D eigenvalue weighted by atomic mass is 35.5. The zero-order chi connectivity index (χ0) is 31.0. The summed E-state index contributed by atoms with van der Waals surface area (Å²) in [5.74, 6) is -0.310. The van der Waals surface area contributed by atoms with E-state index in [1.54, 1.807) is 55.5 Å². The standard InChI is InChI=1S/C31H38ClN3O6S/c1-7-27(31(37)33-21(2)3)34(19-23-10-8-9-11-26(23)32)30(36)20-35(24-14-12-22(4)13-15-24)42(38,39)25-16-17-28(40-5)29(18-25)41-6/h8-18,21,27H,7,19-20H2,1-6H3,(H,33,37)/t27-/m0/s1. The van der Waals surface area contributed by atoms with Gasteiger partial charge in [0.25, 0.3) is 10.0 Å². The summed E-state index contributed by atoms with van der Waals surface area (Å²) in [6.45, 7) is 6.80. The molecule has 3 aromatic rings. The number of carbonyl (C=O) groups excluding carboxylic acids is 2. The van der Waals surface area contributed by atoms with Gasteiger partial charge in [-0.2, -0.15) is 0 Å². The molecule has 2 amide bonds. The number of nitrogens with zero attached hydrogens (tertiary/aromatic N) is 2. The number of amides is 2. The van der Waals surface area contributed by atoms with Gasteiger partial charge in [0.05, 0.1) is 24.8 Å². The summed E-state index contributed by atoms with van der Waals surface area (Å²) in [6, 6.07) is 17.1. The van der Waals surface area contributed by atoms with Crippen LogP contribution in [0.1, 0.15) is 38.3 Å². The molecule has 0 radical (unpaired) electrons. The van der Waals surface area contributed by atoms with Crippen LogP contribution in [-0.4, -0.2) is 58.0 Å². The summed E-state index contributed by atoms with van der Waals surface area (Å²) in [6.07, 6.45) is 0.307. The number of methoxy groups -OCH3 is 2. The molecule has 9 nitrogen and oxygen atoms in total. The lowest BCUT2D eigenvalue weighted by atomic mass is 10.1. The van der Waals surface area contributed by atoms with Gasteiger partial charge in [0, 0.05) is 23.7 Å². The van der Waals surface area contributed by atoms with Gasteiger partial charge in [-0.15, -0.1) is 0 Å². The van der Waals surface area contributed by atoms with E-state index in [-0.39, 0.29) is 29.1 Å². The molecule has 0 unspecified atom stereocenters. The predicted molar refractivity (Wildman–Crippen MR) is 165 cm³/mol. The Morgan fingerprint density at radius 2 is 1.60 bits per heavy atom. The number of hydrogen-bond donors (Lipinski definition) is 1. The van der Waals surface area contributed by atoms with Gasteiger partial charge in [0.15, 0.2) is 11.5 Å². The zero-order valence-corrected chi connectivity index (χ0v) is 26.3. The van der Waals surface area contributed by atoms with E-state index in [0.29, 0.717) is 28.4 Å². The second kappa shape index (κ2) is 14.4. The predicted octanol–water partition coefficient (Wildman–Crippen LogP) is 5.19. The molecule has 0 aliphatic rings. The minimum absolute atomic E-state index is 0.0146. The van der Waals surface area contributed by atoms with Crippen molar-refractivity contribution in [1.82, 2.24) is 10.2 Å². The highest BCUT2D eigenvalue weighted by molar-refractivity contribution is 7.92. The molecule has 0 saturated carbocycles. The fourth-order valence-electron chi connectivity index (χ4n) is 4.45. The molecule has 0 bridgehead atoms. The fourth-order valence-corrected chi connectivity index (χ4v) is 6.08. The van der Waals surface area contributed by atoms with Crippen molar-refractivity contribution >= 4 is 39.1 Å². The Morgan fingerprint density at radius 1 is 0.952 bits per heavy atom. The Morgan fingerprint density at radius 3 is 2.17 bits per heavy atom. The minimum Gasteiger partial charge on any atom is -0.493 e. The third kappa shape index (κ3) is 7.74. The van der Waals surface area contributed by atoms with Gasteiger partial charge in [0.1, 0.15) is 12.6 Å². The average molecular weight is 616 g/mol. The molecule has 0 aliphatic heterocycles. The van der Waals surface area contributed by atoms with E-state index < -0.39 is 28.5 Å². The first kappa shape index (κ1) is 32.8. The summed E-state index contributed by atoms with van der Waals surface area (Å²) in [4.78, 5) is 28.7. The minimum atomic E-state index is -4.28. The summed E-state index contributed by atoms with van der Waals surface area (Å²) >= 11 is 6.44. The van der Waals surface area contributed by atoms with Crippen LogP contribution in [0.25, 0.3) is 0 Å². The SMILES string of the molecule is CC[C@@H](C(=O)NC(C)C)N(Cc1ccccc1Cl)C(=O)CN(c1ccc(C)cc1)S(=O)(=O)c1ccc(OC)c(OC)c1. The molecular weight excluding hydrogens is 578 g/mol. The van der Waals surface area contributed by atoms with Crippen LogP contribution in [0, 0.1) is 6.92 Å². The Bertz CT molecular complexity index is 1490. The molecular formula is C31H38ClN3O6S. The van der Waals surface area contributed by atoms with Crippen molar-refractivity contribution in [3.63, 3.8) is 0 Å². The maximum absolute atomic E-state index is 14.2. The molecule has 11 heteroatoms. The smallest absolute Gasteiger partial charge is 0.264 e. The van der Waals surface area contributed by atoms with E-state index in [0.717, 1.165) is 9.87 Å². The van der Waals surface area contributed by atoms with Crippen molar-refractivity contribution in [2.45, 2.75) is 57.6 Å². The van der Waals surface area contributed by atoms with Crippen LogP contribution in [0.2, 0.25) is 5.02 Å². The number of carbonyl (C=O) groups is 2. The van der Waals surface area contributed by atoms with Crippen LogP contribution in [0.15, 0.2) is 71.6 Å². The summed E-state index contributed by atoms with van der Waals surface area (Å²) in [5.41, 5.74) is 1.85. The Kier molecular flexibility index (Phi) is 11.2. The number of anilines is 1. The van der Waals surface area contributed by atoms with Crippen molar-refractivity contribution in [1.29, 1.82) is 0 Å². The van der Waals surface area contributed by atoms with E-state index in [9.17, 15) is 18.0 Å². The van der Waals surface area contributed by atoms with E-state index in [1.165, 1.54) is 37.3 Å². The summed E-state index contributed by atoms with van der Waals surface area (Å²) in [5, 5.41) is 3.31. The molecule has 3 aromatic carbocycles. The molecule has 1 N–H and O–H groups in total. The van der Waals surface area contributed by atoms with Gasteiger partial charge in [-0.25, -0.2) is 8.42 Å². The van der Waals surface area contributed by atoms with Gasteiger partial charge in [-0.1, -0.05) is 54.4 Å². The molecule has 1 atom stereocenters. The Balaban J connectivity index is 2.11. The molecule has 0 spiro atoms. The topological polar surface area (TPSA) is 105 Å². The average Bonchev–Trinajstić information content (AvgIpc) is 2.96. The van der Waals surface area contributed by atoms with Crippen molar-refractivity contribution < 1.29 is 27.5 Å².